The monoisotopic (exact) mass is 559 g/mol. The molecule has 7 rings (SSSR count). The molecule has 2 heterocycles. The molecule has 0 radical (unpaired) electrons. The molecular formula is C35H33N3O4. The molecule has 0 bridgehead atoms. The van der Waals surface area contributed by atoms with Gasteiger partial charge in [-0.15, -0.1) is 0 Å². The van der Waals surface area contributed by atoms with Crippen LogP contribution in [0, 0.1) is 5.92 Å². The van der Waals surface area contributed by atoms with Gasteiger partial charge in [0.15, 0.2) is 11.5 Å². The summed E-state index contributed by atoms with van der Waals surface area (Å²) in [5.41, 5.74) is 1.97. The fraction of sp³-hybridized carbons (Fsp3) is 0.286. The second-order valence-electron chi connectivity index (χ2n) is 11.5. The lowest BCUT2D eigenvalue weighted by Crippen LogP contribution is -2.35. The number of benzene rings is 5. The second-order valence-corrected chi connectivity index (χ2v) is 11.5. The highest BCUT2D eigenvalue weighted by Crippen LogP contribution is 2.39. The minimum atomic E-state index is -0.0182. The van der Waals surface area contributed by atoms with Crippen LogP contribution in [-0.4, -0.2) is 49.2 Å². The maximum Gasteiger partial charge on any atom is 0.256 e. The molecule has 1 fully saturated rings. The van der Waals surface area contributed by atoms with Crippen molar-refractivity contribution in [1.29, 1.82) is 0 Å². The fourth-order valence-corrected chi connectivity index (χ4v) is 6.51. The number of hydrogen-bond acceptors (Lipinski definition) is 5. The van der Waals surface area contributed by atoms with Crippen LogP contribution in [0.2, 0.25) is 0 Å². The minimum Gasteiger partial charge on any atom is -0.493 e. The maximum absolute atomic E-state index is 13.2. The van der Waals surface area contributed by atoms with Crippen LogP contribution in [0.15, 0.2) is 71.7 Å². The first-order chi connectivity index (χ1) is 20.5. The fourth-order valence-electron chi connectivity index (χ4n) is 6.51. The van der Waals surface area contributed by atoms with Crippen molar-refractivity contribution in [1.82, 2.24) is 4.90 Å². The molecule has 1 saturated heterocycles. The Labute approximate surface area is 244 Å². The Kier molecular flexibility index (Phi) is 6.65. The normalized spacial score (nSPS) is 18.0. The zero-order valence-corrected chi connectivity index (χ0v) is 23.9. The molecular weight excluding hydrogens is 526 g/mol. The molecule has 1 unspecified atom stereocenters. The first-order valence-electron chi connectivity index (χ1n) is 14.7. The van der Waals surface area contributed by atoms with Gasteiger partial charge in [0.2, 0.25) is 5.91 Å². The smallest absolute Gasteiger partial charge is 0.256 e. The van der Waals surface area contributed by atoms with Crippen molar-refractivity contribution in [3.8, 4) is 11.5 Å². The van der Waals surface area contributed by atoms with Gasteiger partial charge in [-0.1, -0.05) is 55.5 Å². The Hall–Kier alpha value is -4.65. The lowest BCUT2D eigenvalue weighted by Gasteiger charge is -2.20. The van der Waals surface area contributed by atoms with Gasteiger partial charge < -0.3 is 19.7 Å². The number of anilines is 1. The summed E-state index contributed by atoms with van der Waals surface area (Å²) in [7, 11) is 1.57. The van der Waals surface area contributed by atoms with Crippen molar-refractivity contribution in [3.63, 3.8) is 0 Å². The van der Waals surface area contributed by atoms with Crippen LogP contribution in [0.5, 0.6) is 11.5 Å². The van der Waals surface area contributed by atoms with Gasteiger partial charge in [-0.2, -0.15) is 0 Å². The second kappa shape index (κ2) is 10.6. The van der Waals surface area contributed by atoms with E-state index in [0.29, 0.717) is 54.5 Å². The zero-order valence-electron chi connectivity index (χ0n) is 23.9. The lowest BCUT2D eigenvalue weighted by molar-refractivity contribution is -0.116. The summed E-state index contributed by atoms with van der Waals surface area (Å²) in [5, 5.41) is 10.2. The molecule has 7 heteroatoms. The van der Waals surface area contributed by atoms with E-state index in [0.717, 1.165) is 24.0 Å². The van der Waals surface area contributed by atoms with Gasteiger partial charge in [0.05, 0.1) is 31.0 Å². The number of amides is 2. The van der Waals surface area contributed by atoms with E-state index in [1.807, 2.05) is 17.2 Å². The van der Waals surface area contributed by atoms with Gasteiger partial charge in [-0.05, 0) is 64.2 Å². The van der Waals surface area contributed by atoms with Crippen LogP contribution in [0.4, 0.5) is 11.4 Å². The molecule has 42 heavy (non-hydrogen) atoms. The summed E-state index contributed by atoms with van der Waals surface area (Å²) in [6, 6.07) is 22.5. The number of rotatable bonds is 8. The van der Waals surface area contributed by atoms with E-state index in [1.165, 1.54) is 26.9 Å². The van der Waals surface area contributed by atoms with E-state index in [9.17, 15) is 9.59 Å². The van der Waals surface area contributed by atoms with Crippen LogP contribution in [0.1, 0.15) is 43.0 Å². The Bertz CT molecular complexity index is 1850. The molecule has 5 aromatic rings. The number of methoxy groups -OCH3 is 1. The Morgan fingerprint density at radius 3 is 2.55 bits per heavy atom. The molecule has 2 aliphatic rings. The highest BCUT2D eigenvalue weighted by atomic mass is 16.5. The first-order valence-corrected chi connectivity index (χ1v) is 14.7. The quantitative estimate of drug-likeness (QED) is 0.159. The summed E-state index contributed by atoms with van der Waals surface area (Å²) >= 11 is 0. The van der Waals surface area contributed by atoms with Crippen LogP contribution >= 0.6 is 0 Å². The summed E-state index contributed by atoms with van der Waals surface area (Å²) in [4.78, 5) is 32.6. The molecule has 0 spiro atoms. The van der Waals surface area contributed by atoms with Crippen LogP contribution < -0.4 is 14.8 Å². The highest BCUT2D eigenvalue weighted by Gasteiger charge is 2.35. The predicted octanol–water partition coefficient (Wildman–Crippen LogP) is 7.35. The average Bonchev–Trinajstić information content (AvgIpc) is 3.33. The van der Waals surface area contributed by atoms with E-state index in [1.54, 1.807) is 19.2 Å². The molecule has 2 aliphatic heterocycles. The predicted molar refractivity (Wildman–Crippen MR) is 168 cm³/mol. The summed E-state index contributed by atoms with van der Waals surface area (Å²) in [6.07, 6.45) is 4.57. The molecule has 5 aromatic carbocycles. The molecule has 0 aromatic heterocycles. The Morgan fingerprint density at radius 2 is 1.74 bits per heavy atom. The van der Waals surface area contributed by atoms with Crippen molar-refractivity contribution in [2.45, 2.75) is 38.6 Å². The van der Waals surface area contributed by atoms with Gasteiger partial charge in [0, 0.05) is 36.3 Å². The number of unbranched alkanes of at least 4 members (excludes halogenated alkanes) is 1. The topological polar surface area (TPSA) is 80.2 Å². The van der Waals surface area contributed by atoms with Crippen molar-refractivity contribution in [2.24, 2.45) is 10.9 Å². The first kappa shape index (κ1) is 26.3. The van der Waals surface area contributed by atoms with Gasteiger partial charge in [-0.3, -0.25) is 14.6 Å². The Morgan fingerprint density at radius 1 is 0.976 bits per heavy atom. The lowest BCUT2D eigenvalue weighted by atomic mass is 9.93. The molecule has 2 amide bonds. The number of carbonyl (C=O) groups excluding carboxylic acids is 2. The average molecular weight is 560 g/mol. The van der Waals surface area contributed by atoms with Crippen molar-refractivity contribution < 1.29 is 19.1 Å². The molecule has 1 N–H and O–H groups in total. The van der Waals surface area contributed by atoms with Gasteiger partial charge >= 0.3 is 0 Å². The third-order valence-corrected chi connectivity index (χ3v) is 8.57. The molecule has 0 aliphatic carbocycles. The number of nitrogens with zero attached hydrogens (tertiary/aromatic N) is 2. The largest absolute Gasteiger partial charge is 0.493 e. The van der Waals surface area contributed by atoms with E-state index in [-0.39, 0.29) is 17.9 Å². The number of carbonyl (C=O) groups is 2. The highest BCUT2D eigenvalue weighted by molar-refractivity contribution is 6.25. The van der Waals surface area contributed by atoms with Crippen LogP contribution in [0.25, 0.3) is 32.3 Å². The number of nitrogens with one attached hydrogen (secondary N) is 1. The Balaban J connectivity index is 0.984. The third-order valence-electron chi connectivity index (χ3n) is 8.57. The van der Waals surface area contributed by atoms with E-state index >= 15 is 0 Å². The SMILES string of the molecule is COc1cc2c(cc1OCCCCC(=O)Nc1ccc3ccc4cccc5ccc1c3c45)N=C[C@@H]1CC(C)CN1C2=O. The van der Waals surface area contributed by atoms with E-state index in [4.69, 9.17) is 9.47 Å². The van der Waals surface area contributed by atoms with Crippen molar-refractivity contribution in [2.75, 3.05) is 25.6 Å². The zero-order chi connectivity index (χ0) is 28.8. The van der Waals surface area contributed by atoms with E-state index in [2.05, 4.69) is 65.8 Å². The minimum absolute atomic E-state index is 0.0163. The standard InChI is InChI=1S/C35H33N3O4/c1-21-16-25-19-36-29-18-31(30(41-2)17-27(29)35(40)38(25)20-21)42-15-4-3-8-32(39)37-28-14-12-24-10-9-22-6-5-7-23-11-13-26(28)34(24)33(22)23/h5-7,9-14,17-19,21,25H,3-4,8,15-16,20H2,1-2H3,(H,37,39)/t21?,25-/m0/s1. The molecule has 212 valence electrons. The van der Waals surface area contributed by atoms with Gasteiger partial charge in [-0.25, -0.2) is 0 Å². The molecule has 7 nitrogen and oxygen atoms in total. The number of fused-ring (bicyclic) bond motifs is 2. The number of hydrogen-bond donors (Lipinski definition) is 1. The van der Waals surface area contributed by atoms with E-state index < -0.39 is 0 Å². The maximum atomic E-state index is 13.2. The summed E-state index contributed by atoms with van der Waals surface area (Å²) in [5.74, 6) is 1.48. The number of ether oxygens (including phenoxy) is 2. The van der Waals surface area contributed by atoms with Gasteiger partial charge in [0.1, 0.15) is 0 Å². The summed E-state index contributed by atoms with van der Waals surface area (Å²) in [6.45, 7) is 3.32. The molecule has 2 atom stereocenters. The summed E-state index contributed by atoms with van der Waals surface area (Å²) < 4.78 is 11.6. The van der Waals surface area contributed by atoms with Crippen molar-refractivity contribution in [3.05, 3.63) is 72.3 Å². The van der Waals surface area contributed by atoms with Crippen LogP contribution in [-0.2, 0) is 4.79 Å². The third kappa shape index (κ3) is 4.59. The van der Waals surface area contributed by atoms with Crippen molar-refractivity contribution >= 4 is 61.7 Å². The van der Waals surface area contributed by atoms with Gasteiger partial charge in [0.25, 0.3) is 5.91 Å². The molecule has 0 saturated carbocycles. The van der Waals surface area contributed by atoms with Crippen LogP contribution in [0.3, 0.4) is 0 Å². The number of aliphatic imine (C=N–C) groups is 1.